The van der Waals surface area contributed by atoms with Crippen LogP contribution in [0.2, 0.25) is 0 Å². The number of anilines is 1. The first kappa shape index (κ1) is 12.6. The summed E-state index contributed by atoms with van der Waals surface area (Å²) < 4.78 is 26.2. The van der Waals surface area contributed by atoms with Crippen molar-refractivity contribution in [1.82, 2.24) is 9.97 Å². The molecule has 0 aliphatic rings. The van der Waals surface area contributed by atoms with E-state index in [9.17, 15) is 8.42 Å². The van der Waals surface area contributed by atoms with Crippen molar-refractivity contribution in [3.8, 4) is 0 Å². The summed E-state index contributed by atoms with van der Waals surface area (Å²) in [6, 6.07) is 9.56. The Morgan fingerprint density at radius 3 is 2.67 bits per heavy atom. The summed E-state index contributed by atoms with van der Waals surface area (Å²) in [7, 11) is -3.40. The Labute approximate surface area is 106 Å². The molecule has 1 heterocycles. The van der Waals surface area contributed by atoms with Gasteiger partial charge in [0.2, 0.25) is 16.0 Å². The van der Waals surface area contributed by atoms with Crippen LogP contribution < -0.4 is 4.72 Å². The van der Waals surface area contributed by atoms with Crippen molar-refractivity contribution in [2.75, 3.05) is 10.5 Å². The standard InChI is InChI=1S/C12H15N3O2S/c1-10(11-5-3-2-4-6-11)9-18(16,17)15-12-13-7-8-14-12/h2-8,10H,9H2,1H3,(H2,13,14,15). The maximum absolute atomic E-state index is 11.9. The molecule has 18 heavy (non-hydrogen) atoms. The van der Waals surface area contributed by atoms with Crippen molar-refractivity contribution in [3.05, 3.63) is 48.3 Å². The third-order valence-electron chi connectivity index (χ3n) is 2.59. The minimum absolute atomic E-state index is 0.0255. The van der Waals surface area contributed by atoms with Crippen LogP contribution in [-0.2, 0) is 10.0 Å². The van der Waals surface area contributed by atoms with Crippen LogP contribution in [0.15, 0.2) is 42.7 Å². The molecule has 0 saturated heterocycles. The monoisotopic (exact) mass is 265 g/mol. The number of nitrogens with one attached hydrogen (secondary N) is 2. The fraction of sp³-hybridized carbons (Fsp3) is 0.250. The second kappa shape index (κ2) is 5.22. The SMILES string of the molecule is CC(CS(=O)(=O)Nc1ncc[nH]1)c1ccccc1. The lowest BCUT2D eigenvalue weighted by Crippen LogP contribution is -2.21. The molecule has 96 valence electrons. The lowest BCUT2D eigenvalue weighted by atomic mass is 10.0. The van der Waals surface area contributed by atoms with Gasteiger partial charge in [0, 0.05) is 12.4 Å². The topological polar surface area (TPSA) is 74.8 Å². The van der Waals surface area contributed by atoms with Crippen LogP contribution in [0, 0.1) is 0 Å². The second-order valence-electron chi connectivity index (χ2n) is 4.13. The predicted molar refractivity (Wildman–Crippen MR) is 70.9 cm³/mol. The van der Waals surface area contributed by atoms with Gasteiger partial charge in [-0.2, -0.15) is 0 Å². The van der Waals surface area contributed by atoms with E-state index < -0.39 is 10.0 Å². The first-order chi connectivity index (χ1) is 8.57. The zero-order valence-corrected chi connectivity index (χ0v) is 10.8. The summed E-state index contributed by atoms with van der Waals surface area (Å²) >= 11 is 0. The number of aromatic nitrogens is 2. The highest BCUT2D eigenvalue weighted by Gasteiger charge is 2.17. The normalized spacial score (nSPS) is 13.2. The van der Waals surface area contributed by atoms with E-state index in [1.165, 1.54) is 6.20 Å². The molecule has 5 nitrogen and oxygen atoms in total. The molecule has 0 spiro atoms. The van der Waals surface area contributed by atoms with Crippen LogP contribution in [0.25, 0.3) is 0 Å². The van der Waals surface area contributed by atoms with Gasteiger partial charge >= 0.3 is 0 Å². The number of hydrogen-bond acceptors (Lipinski definition) is 3. The van der Waals surface area contributed by atoms with E-state index in [1.54, 1.807) is 6.20 Å². The van der Waals surface area contributed by atoms with Crippen LogP contribution in [0.5, 0.6) is 0 Å². The molecule has 2 aromatic rings. The highest BCUT2D eigenvalue weighted by Crippen LogP contribution is 2.17. The van der Waals surface area contributed by atoms with Crippen molar-refractivity contribution in [2.45, 2.75) is 12.8 Å². The number of H-pyrrole nitrogens is 1. The number of sulfonamides is 1. The smallest absolute Gasteiger partial charge is 0.235 e. The summed E-state index contributed by atoms with van der Waals surface area (Å²) in [6.07, 6.45) is 3.07. The molecule has 6 heteroatoms. The Balaban J connectivity index is 2.04. The van der Waals surface area contributed by atoms with Gasteiger partial charge in [0.05, 0.1) is 5.75 Å². The maximum atomic E-state index is 11.9. The van der Waals surface area contributed by atoms with Crippen molar-refractivity contribution in [2.24, 2.45) is 0 Å². The van der Waals surface area contributed by atoms with Gasteiger partial charge in [-0.25, -0.2) is 13.4 Å². The zero-order chi connectivity index (χ0) is 13.0. The van der Waals surface area contributed by atoms with E-state index in [0.29, 0.717) is 0 Å². The summed E-state index contributed by atoms with van der Waals surface area (Å²) in [5.41, 5.74) is 1.00. The van der Waals surface area contributed by atoms with E-state index in [2.05, 4.69) is 14.7 Å². The molecule has 2 N–H and O–H groups in total. The molecule has 1 atom stereocenters. The molecular weight excluding hydrogens is 250 g/mol. The first-order valence-electron chi connectivity index (χ1n) is 5.61. The third kappa shape index (κ3) is 3.33. The number of hydrogen-bond donors (Lipinski definition) is 2. The van der Waals surface area contributed by atoms with Crippen LogP contribution in [0.3, 0.4) is 0 Å². The van der Waals surface area contributed by atoms with E-state index >= 15 is 0 Å². The fourth-order valence-electron chi connectivity index (χ4n) is 1.72. The molecule has 0 radical (unpaired) electrons. The molecule has 0 aliphatic heterocycles. The number of rotatable bonds is 5. The minimum atomic E-state index is -3.40. The number of nitrogens with zero attached hydrogens (tertiary/aromatic N) is 1. The highest BCUT2D eigenvalue weighted by molar-refractivity contribution is 7.92. The van der Waals surface area contributed by atoms with Crippen LogP contribution in [-0.4, -0.2) is 24.1 Å². The highest BCUT2D eigenvalue weighted by atomic mass is 32.2. The third-order valence-corrected chi connectivity index (χ3v) is 4.03. The Hall–Kier alpha value is -1.82. The zero-order valence-electron chi connectivity index (χ0n) is 10.00. The average molecular weight is 265 g/mol. The van der Waals surface area contributed by atoms with E-state index in [1.807, 2.05) is 37.3 Å². The lowest BCUT2D eigenvalue weighted by molar-refractivity contribution is 0.595. The van der Waals surface area contributed by atoms with E-state index in [0.717, 1.165) is 5.56 Å². The fourth-order valence-corrected chi connectivity index (χ4v) is 3.06. The molecule has 2 rings (SSSR count). The Morgan fingerprint density at radius 1 is 1.33 bits per heavy atom. The van der Waals surface area contributed by atoms with Crippen molar-refractivity contribution >= 4 is 16.0 Å². The quantitative estimate of drug-likeness (QED) is 0.867. The maximum Gasteiger partial charge on any atom is 0.235 e. The molecule has 0 amide bonds. The van der Waals surface area contributed by atoms with Crippen LogP contribution in [0.1, 0.15) is 18.4 Å². The minimum Gasteiger partial charge on any atom is -0.330 e. The largest absolute Gasteiger partial charge is 0.330 e. The van der Waals surface area contributed by atoms with Gasteiger partial charge in [-0.1, -0.05) is 37.3 Å². The Kier molecular flexibility index (Phi) is 3.66. The molecule has 1 aromatic heterocycles. The predicted octanol–water partition coefficient (Wildman–Crippen LogP) is 1.96. The molecule has 0 fully saturated rings. The molecule has 0 bridgehead atoms. The molecule has 1 unspecified atom stereocenters. The van der Waals surface area contributed by atoms with Gasteiger partial charge < -0.3 is 4.98 Å². The number of benzene rings is 1. The summed E-state index contributed by atoms with van der Waals surface area (Å²) in [6.45, 7) is 1.89. The Morgan fingerprint density at radius 2 is 2.06 bits per heavy atom. The molecule has 0 saturated carbocycles. The van der Waals surface area contributed by atoms with Gasteiger partial charge in [-0.15, -0.1) is 0 Å². The average Bonchev–Trinajstić information content (AvgIpc) is 2.81. The van der Waals surface area contributed by atoms with Crippen molar-refractivity contribution in [1.29, 1.82) is 0 Å². The summed E-state index contributed by atoms with van der Waals surface area (Å²) in [4.78, 5) is 6.54. The van der Waals surface area contributed by atoms with E-state index in [-0.39, 0.29) is 17.6 Å². The summed E-state index contributed by atoms with van der Waals surface area (Å²) in [5.74, 6) is 0.200. The Bertz CT molecular complexity index is 579. The summed E-state index contributed by atoms with van der Waals surface area (Å²) in [5, 5.41) is 0. The van der Waals surface area contributed by atoms with Crippen LogP contribution in [0.4, 0.5) is 5.95 Å². The van der Waals surface area contributed by atoms with E-state index in [4.69, 9.17) is 0 Å². The molecular formula is C12H15N3O2S. The number of imidazole rings is 1. The molecule has 0 aliphatic carbocycles. The van der Waals surface area contributed by atoms with Gasteiger partial charge in [0.25, 0.3) is 0 Å². The van der Waals surface area contributed by atoms with Crippen molar-refractivity contribution < 1.29 is 8.42 Å². The van der Waals surface area contributed by atoms with Gasteiger partial charge in [0.1, 0.15) is 0 Å². The van der Waals surface area contributed by atoms with Gasteiger partial charge in [0.15, 0.2) is 0 Å². The van der Waals surface area contributed by atoms with Gasteiger partial charge in [-0.05, 0) is 11.5 Å². The molecule has 1 aromatic carbocycles. The van der Waals surface area contributed by atoms with Gasteiger partial charge in [-0.3, -0.25) is 4.72 Å². The second-order valence-corrected chi connectivity index (χ2v) is 5.90. The lowest BCUT2D eigenvalue weighted by Gasteiger charge is -2.12. The van der Waals surface area contributed by atoms with Crippen molar-refractivity contribution in [3.63, 3.8) is 0 Å². The van der Waals surface area contributed by atoms with Crippen LogP contribution >= 0.6 is 0 Å². The first-order valence-corrected chi connectivity index (χ1v) is 7.27. The number of aromatic amines is 1.